The van der Waals surface area contributed by atoms with Crippen molar-refractivity contribution in [3.05, 3.63) is 53.9 Å². The number of hydrogen-bond donors (Lipinski definition) is 2. The molecule has 0 aliphatic carbocycles. The fraction of sp³-hybridized carbons (Fsp3) is 0.200. The highest BCUT2D eigenvalue weighted by molar-refractivity contribution is 7.89. The van der Waals surface area contributed by atoms with Crippen LogP contribution in [0.25, 0.3) is 11.0 Å². The van der Waals surface area contributed by atoms with E-state index in [-0.39, 0.29) is 24.0 Å². The van der Waals surface area contributed by atoms with Crippen molar-refractivity contribution in [1.82, 2.24) is 13.9 Å². The molecule has 7 nitrogen and oxygen atoms in total. The molecule has 0 fully saturated rings. The van der Waals surface area contributed by atoms with Gasteiger partial charge in [0.15, 0.2) is 5.65 Å². The Kier molecular flexibility index (Phi) is 4.01. The number of fused-ring (bicyclic) bond motifs is 1. The van der Waals surface area contributed by atoms with Crippen LogP contribution in [-0.4, -0.2) is 34.5 Å². The maximum Gasteiger partial charge on any atom is 0.244 e. The number of nitrogens with one attached hydrogen (secondary N) is 1. The average Bonchev–Trinajstić information content (AvgIpc) is 2.99. The minimum Gasteiger partial charge on any atom is -0.390 e. The number of nitrogens with zero attached hydrogens (tertiary/aromatic N) is 3. The monoisotopic (exact) mass is 332 g/mol. The molecule has 0 spiro atoms. The van der Waals surface area contributed by atoms with E-state index in [0.29, 0.717) is 16.6 Å². The summed E-state index contributed by atoms with van der Waals surface area (Å²) in [6, 6.07) is 10.5. The first-order chi connectivity index (χ1) is 11.0. The molecular weight excluding hydrogens is 316 g/mol. The first kappa shape index (κ1) is 15.4. The lowest BCUT2D eigenvalue weighted by Crippen LogP contribution is -2.15. The highest BCUT2D eigenvalue weighted by atomic mass is 32.2. The van der Waals surface area contributed by atoms with Crippen LogP contribution in [0.4, 0.5) is 5.95 Å². The fourth-order valence-electron chi connectivity index (χ4n) is 2.37. The first-order valence-corrected chi connectivity index (χ1v) is 8.60. The number of aromatic nitrogens is 3. The van der Waals surface area contributed by atoms with E-state index >= 15 is 0 Å². The van der Waals surface area contributed by atoms with Crippen LogP contribution in [0.3, 0.4) is 0 Å². The third-order valence-corrected chi connectivity index (χ3v) is 5.05. The quantitative estimate of drug-likeness (QED) is 0.732. The molecule has 0 bridgehead atoms. The lowest BCUT2D eigenvalue weighted by Gasteiger charge is -2.09. The number of rotatable bonds is 5. The predicted molar refractivity (Wildman–Crippen MR) is 87.5 cm³/mol. The van der Waals surface area contributed by atoms with E-state index < -0.39 is 10.0 Å². The molecular formula is C15H16N4O3S. The Morgan fingerprint density at radius 2 is 1.91 bits per heavy atom. The highest BCUT2D eigenvalue weighted by Crippen LogP contribution is 2.22. The van der Waals surface area contributed by atoms with Crippen molar-refractivity contribution in [3.8, 4) is 0 Å². The summed E-state index contributed by atoms with van der Waals surface area (Å²) in [5.41, 5.74) is 1.33. The Hall–Kier alpha value is -2.45. The molecule has 2 heterocycles. The molecule has 0 saturated carbocycles. The van der Waals surface area contributed by atoms with Crippen LogP contribution in [0, 0.1) is 0 Å². The normalized spacial score (nSPS) is 11.7. The molecule has 3 rings (SSSR count). The number of aliphatic hydroxyl groups is 1. The third-order valence-electron chi connectivity index (χ3n) is 3.45. The van der Waals surface area contributed by atoms with Gasteiger partial charge in [0.2, 0.25) is 16.0 Å². The summed E-state index contributed by atoms with van der Waals surface area (Å²) in [5.74, 6) is 0.127. The van der Waals surface area contributed by atoms with Crippen molar-refractivity contribution < 1.29 is 13.5 Å². The maximum absolute atomic E-state index is 12.7. The van der Waals surface area contributed by atoms with E-state index in [1.54, 1.807) is 37.4 Å². The fourth-order valence-corrected chi connectivity index (χ4v) is 3.77. The van der Waals surface area contributed by atoms with Crippen molar-refractivity contribution in [1.29, 1.82) is 0 Å². The zero-order valence-electron chi connectivity index (χ0n) is 12.5. The largest absolute Gasteiger partial charge is 0.390 e. The van der Waals surface area contributed by atoms with E-state index in [9.17, 15) is 13.5 Å². The van der Waals surface area contributed by atoms with Gasteiger partial charge in [0.05, 0.1) is 18.1 Å². The Balaban J connectivity index is 2.12. The molecule has 1 aromatic carbocycles. The van der Waals surface area contributed by atoms with E-state index in [2.05, 4.69) is 15.3 Å². The minimum atomic E-state index is -3.63. The highest BCUT2D eigenvalue weighted by Gasteiger charge is 2.20. The van der Waals surface area contributed by atoms with Crippen molar-refractivity contribution >= 4 is 27.0 Å². The molecule has 0 saturated heterocycles. The molecule has 0 radical (unpaired) electrons. The minimum absolute atomic E-state index is 0.134. The van der Waals surface area contributed by atoms with Crippen LogP contribution in [0.2, 0.25) is 0 Å². The van der Waals surface area contributed by atoms with Crippen LogP contribution in [0.15, 0.2) is 42.6 Å². The van der Waals surface area contributed by atoms with Crippen molar-refractivity contribution in [2.45, 2.75) is 12.4 Å². The standard InChI is InChI=1S/C15H16N4O3S/c1-16-15-17-13(9-20)12-7-8-19(14(12)18-15)23(21,22)10-11-5-3-2-4-6-11/h2-8,20H,9-10H2,1H3,(H,16,17,18). The number of hydrogen-bond acceptors (Lipinski definition) is 6. The molecule has 8 heteroatoms. The van der Waals surface area contributed by atoms with Gasteiger partial charge in [-0.15, -0.1) is 0 Å². The number of anilines is 1. The zero-order chi connectivity index (χ0) is 16.4. The van der Waals surface area contributed by atoms with Gasteiger partial charge in [-0.05, 0) is 11.6 Å². The lowest BCUT2D eigenvalue weighted by molar-refractivity contribution is 0.278. The maximum atomic E-state index is 12.7. The molecule has 23 heavy (non-hydrogen) atoms. The van der Waals surface area contributed by atoms with E-state index in [1.165, 1.54) is 6.20 Å². The second kappa shape index (κ2) is 5.98. The average molecular weight is 332 g/mol. The van der Waals surface area contributed by atoms with Crippen LogP contribution in [0.5, 0.6) is 0 Å². The van der Waals surface area contributed by atoms with Gasteiger partial charge in [0.1, 0.15) is 0 Å². The molecule has 0 amide bonds. The lowest BCUT2D eigenvalue weighted by atomic mass is 10.2. The zero-order valence-corrected chi connectivity index (χ0v) is 13.3. The van der Waals surface area contributed by atoms with Gasteiger partial charge in [-0.1, -0.05) is 30.3 Å². The smallest absolute Gasteiger partial charge is 0.244 e. The van der Waals surface area contributed by atoms with Crippen LogP contribution in [-0.2, 0) is 22.4 Å². The number of aliphatic hydroxyl groups excluding tert-OH is 1. The van der Waals surface area contributed by atoms with Crippen LogP contribution >= 0.6 is 0 Å². The van der Waals surface area contributed by atoms with Gasteiger partial charge >= 0.3 is 0 Å². The number of benzene rings is 1. The van der Waals surface area contributed by atoms with Crippen LogP contribution < -0.4 is 5.32 Å². The molecule has 2 N–H and O–H groups in total. The summed E-state index contributed by atoms with van der Waals surface area (Å²) in [6.07, 6.45) is 1.44. The SMILES string of the molecule is CNc1nc(CO)c2ccn(S(=O)(=O)Cc3ccccc3)c2n1. The Morgan fingerprint density at radius 3 is 2.57 bits per heavy atom. The predicted octanol–water partition coefficient (Wildman–Crippen LogP) is 1.34. The second-order valence-electron chi connectivity index (χ2n) is 4.99. The van der Waals surface area contributed by atoms with Gasteiger partial charge in [-0.2, -0.15) is 4.98 Å². The molecule has 2 aromatic heterocycles. The second-order valence-corrected chi connectivity index (χ2v) is 6.84. The molecule has 0 atom stereocenters. The van der Waals surface area contributed by atoms with E-state index in [1.807, 2.05) is 6.07 Å². The summed E-state index contributed by atoms with van der Waals surface area (Å²) in [4.78, 5) is 8.36. The summed E-state index contributed by atoms with van der Waals surface area (Å²) < 4.78 is 26.5. The molecule has 0 unspecified atom stereocenters. The molecule has 120 valence electrons. The van der Waals surface area contributed by atoms with E-state index in [0.717, 1.165) is 3.97 Å². The van der Waals surface area contributed by atoms with Crippen LogP contribution in [0.1, 0.15) is 11.3 Å². The molecule has 0 aliphatic heterocycles. The van der Waals surface area contributed by atoms with Gasteiger partial charge < -0.3 is 10.4 Å². The van der Waals surface area contributed by atoms with E-state index in [4.69, 9.17) is 0 Å². The summed E-state index contributed by atoms with van der Waals surface area (Å²) >= 11 is 0. The van der Waals surface area contributed by atoms with Gasteiger partial charge in [-0.25, -0.2) is 17.4 Å². The molecule has 0 aliphatic rings. The Morgan fingerprint density at radius 1 is 1.17 bits per heavy atom. The summed E-state index contributed by atoms with van der Waals surface area (Å²) in [7, 11) is -2.00. The topological polar surface area (TPSA) is 97.1 Å². The molecule has 3 aromatic rings. The first-order valence-electron chi connectivity index (χ1n) is 6.99. The summed E-state index contributed by atoms with van der Waals surface area (Å²) in [6.45, 7) is -0.295. The Labute approximate surface area is 133 Å². The Bertz CT molecular complexity index is 936. The van der Waals surface area contributed by atoms with Gasteiger partial charge in [0.25, 0.3) is 0 Å². The van der Waals surface area contributed by atoms with Crippen molar-refractivity contribution in [3.63, 3.8) is 0 Å². The third kappa shape index (κ3) is 2.90. The summed E-state index contributed by atoms with van der Waals surface area (Å²) in [5, 5.41) is 12.7. The van der Waals surface area contributed by atoms with Gasteiger partial charge in [-0.3, -0.25) is 0 Å². The van der Waals surface area contributed by atoms with Crippen molar-refractivity contribution in [2.75, 3.05) is 12.4 Å². The van der Waals surface area contributed by atoms with Crippen molar-refractivity contribution in [2.24, 2.45) is 0 Å². The van der Waals surface area contributed by atoms with Gasteiger partial charge in [0, 0.05) is 18.6 Å².